The zero-order valence-electron chi connectivity index (χ0n) is 12.4. The Hall–Kier alpha value is -2.74. The summed E-state index contributed by atoms with van der Waals surface area (Å²) in [7, 11) is 0. The number of benzene rings is 1. The summed E-state index contributed by atoms with van der Waals surface area (Å²) in [5, 5.41) is 19.7. The summed E-state index contributed by atoms with van der Waals surface area (Å²) >= 11 is 3.40. The molecule has 24 heavy (non-hydrogen) atoms. The summed E-state index contributed by atoms with van der Waals surface area (Å²) in [4.78, 5) is 22.0. The first kappa shape index (κ1) is 16.1. The predicted octanol–water partition coefficient (Wildman–Crippen LogP) is 2.40. The zero-order chi connectivity index (χ0) is 17.1. The molecule has 2 aromatic heterocycles. The van der Waals surface area contributed by atoms with Crippen LogP contribution in [0.25, 0.3) is 17.1 Å². The molecule has 0 aliphatic carbocycles. The van der Waals surface area contributed by atoms with Crippen LogP contribution >= 0.6 is 15.9 Å². The second kappa shape index (κ2) is 6.79. The molecule has 0 aliphatic rings. The van der Waals surface area contributed by atoms with Gasteiger partial charge in [-0.2, -0.15) is 10.2 Å². The van der Waals surface area contributed by atoms with Crippen LogP contribution in [-0.2, 0) is 11.2 Å². The van der Waals surface area contributed by atoms with Crippen molar-refractivity contribution in [2.45, 2.75) is 12.8 Å². The summed E-state index contributed by atoms with van der Waals surface area (Å²) < 4.78 is 2.54. The fourth-order valence-electron chi connectivity index (χ4n) is 2.24. The van der Waals surface area contributed by atoms with Crippen LogP contribution in [0.15, 0.2) is 51.7 Å². The van der Waals surface area contributed by atoms with Gasteiger partial charge in [0.1, 0.15) is 0 Å². The third kappa shape index (κ3) is 3.60. The topological polar surface area (TPSA) is 101 Å². The Morgan fingerprint density at radius 2 is 1.96 bits per heavy atom. The van der Waals surface area contributed by atoms with Crippen LogP contribution < -0.4 is 5.56 Å². The molecule has 3 rings (SSSR count). The van der Waals surface area contributed by atoms with Crippen molar-refractivity contribution in [1.29, 1.82) is 0 Å². The van der Waals surface area contributed by atoms with Crippen molar-refractivity contribution in [3.05, 3.63) is 63.0 Å². The minimum absolute atomic E-state index is 0.00412. The SMILES string of the molecule is O=C(O)CCc1cc(-c2ccc(Br)cc2)n(-c2ccc(=O)[nH]n2)n1. The smallest absolute Gasteiger partial charge is 0.303 e. The molecule has 0 aliphatic heterocycles. The lowest BCUT2D eigenvalue weighted by Crippen LogP contribution is -2.10. The van der Waals surface area contributed by atoms with Gasteiger partial charge >= 0.3 is 5.97 Å². The molecule has 0 fully saturated rings. The number of hydrogen-bond acceptors (Lipinski definition) is 4. The molecule has 0 saturated carbocycles. The van der Waals surface area contributed by atoms with Crippen molar-refractivity contribution in [2.24, 2.45) is 0 Å². The molecule has 8 heteroatoms. The Bertz CT molecular complexity index is 911. The van der Waals surface area contributed by atoms with Crippen LogP contribution in [0.1, 0.15) is 12.1 Å². The number of aromatic amines is 1. The second-order valence-corrected chi connectivity index (χ2v) is 6.03. The maximum atomic E-state index is 11.2. The lowest BCUT2D eigenvalue weighted by Gasteiger charge is -2.06. The minimum atomic E-state index is -0.878. The van der Waals surface area contributed by atoms with E-state index in [1.54, 1.807) is 10.7 Å². The molecule has 3 aromatic rings. The van der Waals surface area contributed by atoms with Crippen LogP contribution in [-0.4, -0.2) is 31.1 Å². The van der Waals surface area contributed by atoms with E-state index in [9.17, 15) is 9.59 Å². The van der Waals surface area contributed by atoms with E-state index in [0.29, 0.717) is 17.9 Å². The molecular formula is C16H13BrN4O3. The van der Waals surface area contributed by atoms with Gasteiger partial charge in [0.05, 0.1) is 17.8 Å². The normalized spacial score (nSPS) is 10.7. The van der Waals surface area contributed by atoms with Gasteiger partial charge < -0.3 is 5.11 Å². The van der Waals surface area contributed by atoms with E-state index in [1.807, 2.05) is 30.3 Å². The van der Waals surface area contributed by atoms with Gasteiger partial charge in [-0.1, -0.05) is 28.1 Å². The third-order valence-corrected chi connectivity index (χ3v) is 3.91. The number of H-pyrrole nitrogens is 1. The van der Waals surface area contributed by atoms with Crippen LogP contribution in [0.3, 0.4) is 0 Å². The van der Waals surface area contributed by atoms with Crippen LogP contribution in [0.2, 0.25) is 0 Å². The zero-order valence-corrected chi connectivity index (χ0v) is 14.0. The van der Waals surface area contributed by atoms with Gasteiger partial charge in [-0.15, -0.1) is 0 Å². The van der Waals surface area contributed by atoms with Gasteiger partial charge in [0.25, 0.3) is 5.56 Å². The molecule has 122 valence electrons. The lowest BCUT2D eigenvalue weighted by atomic mass is 10.1. The van der Waals surface area contributed by atoms with Gasteiger partial charge in [0.15, 0.2) is 5.82 Å². The Labute approximate surface area is 145 Å². The average molecular weight is 389 g/mol. The number of hydrogen-bond donors (Lipinski definition) is 2. The van der Waals surface area contributed by atoms with Gasteiger partial charge in [-0.3, -0.25) is 9.59 Å². The van der Waals surface area contributed by atoms with E-state index in [-0.39, 0.29) is 12.0 Å². The highest BCUT2D eigenvalue weighted by atomic mass is 79.9. The second-order valence-electron chi connectivity index (χ2n) is 5.11. The summed E-state index contributed by atoms with van der Waals surface area (Å²) in [5.41, 5.74) is 2.01. The molecule has 2 heterocycles. The average Bonchev–Trinajstić information content (AvgIpc) is 2.98. The molecule has 0 bridgehead atoms. The Kier molecular flexibility index (Phi) is 4.57. The first-order valence-corrected chi connectivity index (χ1v) is 7.95. The maximum Gasteiger partial charge on any atom is 0.303 e. The Morgan fingerprint density at radius 1 is 1.21 bits per heavy atom. The van der Waals surface area contributed by atoms with Crippen LogP contribution in [0.5, 0.6) is 0 Å². The Balaban J connectivity index is 2.07. The number of nitrogens with zero attached hydrogens (tertiary/aromatic N) is 3. The molecular weight excluding hydrogens is 376 g/mol. The van der Waals surface area contributed by atoms with Crippen molar-refractivity contribution in [3.63, 3.8) is 0 Å². The number of aliphatic carboxylic acids is 1. The number of rotatable bonds is 5. The molecule has 7 nitrogen and oxygen atoms in total. The maximum absolute atomic E-state index is 11.2. The summed E-state index contributed by atoms with van der Waals surface area (Å²) in [6.45, 7) is 0. The minimum Gasteiger partial charge on any atom is -0.481 e. The van der Waals surface area contributed by atoms with Crippen LogP contribution in [0, 0.1) is 0 Å². The molecule has 0 amide bonds. The van der Waals surface area contributed by atoms with Crippen LogP contribution in [0.4, 0.5) is 0 Å². The number of aromatic nitrogens is 4. The highest BCUT2D eigenvalue weighted by Gasteiger charge is 2.13. The molecule has 0 spiro atoms. The Morgan fingerprint density at radius 3 is 2.58 bits per heavy atom. The van der Waals surface area contributed by atoms with E-state index >= 15 is 0 Å². The van der Waals surface area contributed by atoms with E-state index in [1.165, 1.54) is 6.07 Å². The molecule has 0 saturated heterocycles. The highest BCUT2D eigenvalue weighted by Crippen LogP contribution is 2.25. The van der Waals surface area contributed by atoms with E-state index in [2.05, 4.69) is 31.2 Å². The third-order valence-electron chi connectivity index (χ3n) is 3.38. The summed E-state index contributed by atoms with van der Waals surface area (Å²) in [5.74, 6) is -0.425. The van der Waals surface area contributed by atoms with Crippen molar-refractivity contribution in [3.8, 4) is 17.1 Å². The first-order valence-electron chi connectivity index (χ1n) is 7.16. The van der Waals surface area contributed by atoms with Gasteiger partial charge in [-0.05, 0) is 24.3 Å². The quantitative estimate of drug-likeness (QED) is 0.698. The van der Waals surface area contributed by atoms with Crippen molar-refractivity contribution < 1.29 is 9.90 Å². The van der Waals surface area contributed by atoms with Crippen molar-refractivity contribution >= 4 is 21.9 Å². The summed E-state index contributed by atoms with van der Waals surface area (Å²) in [6, 6.07) is 12.4. The van der Waals surface area contributed by atoms with E-state index < -0.39 is 5.97 Å². The molecule has 0 unspecified atom stereocenters. The van der Waals surface area contributed by atoms with E-state index in [0.717, 1.165) is 15.7 Å². The predicted molar refractivity (Wildman–Crippen MR) is 91.1 cm³/mol. The summed E-state index contributed by atoms with van der Waals surface area (Å²) in [6.07, 6.45) is 0.311. The van der Waals surface area contributed by atoms with Gasteiger partial charge in [0, 0.05) is 22.5 Å². The molecule has 0 atom stereocenters. The van der Waals surface area contributed by atoms with Crippen molar-refractivity contribution in [2.75, 3.05) is 0 Å². The highest BCUT2D eigenvalue weighted by molar-refractivity contribution is 9.10. The van der Waals surface area contributed by atoms with Crippen molar-refractivity contribution in [1.82, 2.24) is 20.0 Å². The van der Waals surface area contributed by atoms with Gasteiger partial charge in [0.2, 0.25) is 0 Å². The number of nitrogens with one attached hydrogen (secondary N) is 1. The monoisotopic (exact) mass is 388 g/mol. The fraction of sp³-hybridized carbons (Fsp3) is 0.125. The molecule has 0 radical (unpaired) electrons. The fourth-order valence-corrected chi connectivity index (χ4v) is 2.51. The number of halogens is 1. The first-order chi connectivity index (χ1) is 11.5. The molecule has 2 N–H and O–H groups in total. The lowest BCUT2D eigenvalue weighted by molar-refractivity contribution is -0.136. The largest absolute Gasteiger partial charge is 0.481 e. The molecule has 1 aromatic carbocycles. The number of carboxylic acid groups (broad SMARTS) is 1. The number of carbonyl (C=O) groups is 1. The standard InChI is InChI=1S/C16H13BrN4O3/c17-11-3-1-10(2-4-11)13-9-12(5-8-16(23)24)20-21(13)14-6-7-15(22)19-18-14/h1-4,6-7,9H,5,8H2,(H,19,22)(H,23,24). The number of aryl methyl sites for hydroxylation is 1. The van der Waals surface area contributed by atoms with E-state index in [4.69, 9.17) is 5.11 Å². The number of carboxylic acids is 1. The van der Waals surface area contributed by atoms with Gasteiger partial charge in [-0.25, -0.2) is 9.78 Å².